The van der Waals surface area contributed by atoms with Gasteiger partial charge in [0, 0.05) is 29.3 Å². The maximum Gasteiger partial charge on any atom is 0.229 e. The number of rotatable bonds is 3. The molecule has 0 saturated carbocycles. The summed E-state index contributed by atoms with van der Waals surface area (Å²) in [5.41, 5.74) is 2.17. The lowest BCUT2D eigenvalue weighted by atomic mass is 9.96. The van der Waals surface area contributed by atoms with E-state index in [1.54, 1.807) is 12.4 Å². The molecule has 6 nitrogen and oxygen atoms in total. The van der Waals surface area contributed by atoms with Gasteiger partial charge in [-0.1, -0.05) is 12.1 Å². The minimum absolute atomic E-state index is 0.00907. The van der Waals surface area contributed by atoms with E-state index in [9.17, 15) is 9.18 Å². The van der Waals surface area contributed by atoms with Crippen molar-refractivity contribution in [3.63, 3.8) is 0 Å². The quantitative estimate of drug-likeness (QED) is 0.772. The van der Waals surface area contributed by atoms with Crippen LogP contribution in [0.2, 0.25) is 0 Å². The number of aromatic nitrogens is 3. The van der Waals surface area contributed by atoms with Crippen LogP contribution in [0.5, 0.6) is 0 Å². The molecule has 1 aliphatic rings. The minimum Gasteiger partial charge on any atom is -0.306 e. The Morgan fingerprint density at radius 3 is 2.74 bits per heavy atom. The second-order valence-corrected chi connectivity index (χ2v) is 6.93. The van der Waals surface area contributed by atoms with E-state index in [-0.39, 0.29) is 17.6 Å². The number of hydrogen-bond acceptors (Lipinski definition) is 5. The van der Waals surface area contributed by atoms with Crippen LogP contribution < -0.4 is 5.32 Å². The normalized spacial score (nSPS) is 15.8. The van der Waals surface area contributed by atoms with E-state index < -0.39 is 0 Å². The monoisotopic (exact) mass is 365 g/mol. The Morgan fingerprint density at radius 1 is 1.15 bits per heavy atom. The SMILES string of the molecule is CN1CCC(C(=O)Nc2ncc3ccc(-c4cncc(F)c4)cc3n2)CC1. The van der Waals surface area contributed by atoms with Gasteiger partial charge in [0.05, 0.1) is 11.7 Å². The number of nitrogens with zero attached hydrogens (tertiary/aromatic N) is 4. The summed E-state index contributed by atoms with van der Waals surface area (Å²) in [6.45, 7) is 1.84. The fourth-order valence-electron chi connectivity index (χ4n) is 3.32. The molecule has 138 valence electrons. The summed E-state index contributed by atoms with van der Waals surface area (Å²) in [5.74, 6) is -0.138. The zero-order valence-electron chi connectivity index (χ0n) is 15.0. The molecule has 1 aromatic carbocycles. The average Bonchev–Trinajstić information content (AvgIpc) is 2.68. The maximum absolute atomic E-state index is 13.4. The lowest BCUT2D eigenvalue weighted by Crippen LogP contribution is -2.36. The van der Waals surface area contributed by atoms with Crippen LogP contribution in [0, 0.1) is 11.7 Å². The highest BCUT2D eigenvalue weighted by Crippen LogP contribution is 2.24. The zero-order chi connectivity index (χ0) is 18.8. The van der Waals surface area contributed by atoms with Gasteiger partial charge in [-0.25, -0.2) is 14.4 Å². The second kappa shape index (κ2) is 7.36. The molecule has 7 heteroatoms. The molecule has 1 saturated heterocycles. The number of likely N-dealkylation sites (tertiary alicyclic amines) is 1. The van der Waals surface area contributed by atoms with Crippen LogP contribution in [-0.2, 0) is 4.79 Å². The molecule has 4 rings (SSSR count). The van der Waals surface area contributed by atoms with Gasteiger partial charge in [0.2, 0.25) is 11.9 Å². The van der Waals surface area contributed by atoms with Crippen molar-refractivity contribution >= 4 is 22.8 Å². The molecule has 27 heavy (non-hydrogen) atoms. The number of amides is 1. The van der Waals surface area contributed by atoms with Crippen molar-refractivity contribution in [1.82, 2.24) is 19.9 Å². The lowest BCUT2D eigenvalue weighted by molar-refractivity contribution is -0.121. The molecule has 0 atom stereocenters. The Bertz CT molecular complexity index is 985. The Morgan fingerprint density at radius 2 is 1.96 bits per heavy atom. The summed E-state index contributed by atoms with van der Waals surface area (Å²) in [6, 6.07) is 7.02. The molecule has 1 N–H and O–H groups in total. The first kappa shape index (κ1) is 17.5. The third-order valence-corrected chi connectivity index (χ3v) is 4.95. The Hall–Kier alpha value is -2.93. The van der Waals surface area contributed by atoms with Crippen molar-refractivity contribution in [3.8, 4) is 11.1 Å². The molecule has 1 fully saturated rings. The fourth-order valence-corrected chi connectivity index (χ4v) is 3.32. The summed E-state index contributed by atoms with van der Waals surface area (Å²) < 4.78 is 13.4. The van der Waals surface area contributed by atoms with Crippen molar-refractivity contribution in [1.29, 1.82) is 0 Å². The molecule has 3 heterocycles. The molecular weight excluding hydrogens is 345 g/mol. The zero-order valence-corrected chi connectivity index (χ0v) is 15.0. The predicted molar refractivity (Wildman–Crippen MR) is 102 cm³/mol. The third kappa shape index (κ3) is 3.93. The number of carbonyl (C=O) groups excluding carboxylic acids is 1. The Balaban J connectivity index is 1.56. The summed E-state index contributed by atoms with van der Waals surface area (Å²) in [5, 5.41) is 3.68. The number of pyridine rings is 1. The van der Waals surface area contributed by atoms with Gasteiger partial charge >= 0.3 is 0 Å². The first-order valence-corrected chi connectivity index (χ1v) is 8.95. The highest BCUT2D eigenvalue weighted by molar-refractivity contribution is 5.92. The summed E-state index contributed by atoms with van der Waals surface area (Å²) in [6.07, 6.45) is 6.14. The van der Waals surface area contributed by atoms with Crippen LogP contribution >= 0.6 is 0 Å². The van der Waals surface area contributed by atoms with Gasteiger partial charge in [-0.05, 0) is 50.7 Å². The van der Waals surface area contributed by atoms with Crippen molar-refractivity contribution < 1.29 is 9.18 Å². The van der Waals surface area contributed by atoms with E-state index in [1.165, 1.54) is 12.3 Å². The van der Waals surface area contributed by atoms with Gasteiger partial charge < -0.3 is 4.90 Å². The highest BCUT2D eigenvalue weighted by Gasteiger charge is 2.23. The van der Waals surface area contributed by atoms with E-state index in [2.05, 4.69) is 32.2 Å². The maximum atomic E-state index is 13.4. The summed E-state index contributed by atoms with van der Waals surface area (Å²) in [4.78, 5) is 27.3. The number of carbonyl (C=O) groups is 1. The topological polar surface area (TPSA) is 71.0 Å². The molecule has 2 aromatic heterocycles. The van der Waals surface area contributed by atoms with E-state index in [0.717, 1.165) is 36.9 Å². The van der Waals surface area contributed by atoms with Crippen molar-refractivity contribution in [2.45, 2.75) is 12.8 Å². The molecule has 0 aliphatic carbocycles. The van der Waals surface area contributed by atoms with E-state index in [1.807, 2.05) is 18.2 Å². The standard InChI is InChI=1S/C20H20FN5O/c1-26-6-4-13(5-7-26)19(27)25-20-23-11-15-3-2-14(9-18(15)24-20)16-8-17(21)12-22-10-16/h2-3,8-13H,4-7H2,1H3,(H,23,24,25,27). The predicted octanol–water partition coefficient (Wildman–Crippen LogP) is 3.11. The third-order valence-electron chi connectivity index (χ3n) is 4.95. The van der Waals surface area contributed by atoms with Crippen molar-refractivity contribution in [2.75, 3.05) is 25.5 Å². The Labute approximate surface area is 156 Å². The largest absolute Gasteiger partial charge is 0.306 e. The van der Waals surface area contributed by atoms with Gasteiger partial charge in [0.1, 0.15) is 5.82 Å². The first-order valence-electron chi connectivity index (χ1n) is 8.95. The molecule has 1 aliphatic heterocycles. The first-order chi connectivity index (χ1) is 13.1. The van der Waals surface area contributed by atoms with Gasteiger partial charge in [-0.15, -0.1) is 0 Å². The molecule has 0 bridgehead atoms. The van der Waals surface area contributed by atoms with Gasteiger partial charge in [0.15, 0.2) is 0 Å². The number of piperidine rings is 1. The lowest BCUT2D eigenvalue weighted by Gasteiger charge is -2.27. The highest BCUT2D eigenvalue weighted by atomic mass is 19.1. The average molecular weight is 365 g/mol. The van der Waals surface area contributed by atoms with Crippen LogP contribution in [0.15, 0.2) is 42.9 Å². The molecule has 3 aromatic rings. The number of nitrogens with one attached hydrogen (secondary N) is 1. The van der Waals surface area contributed by atoms with Crippen LogP contribution in [0.4, 0.5) is 10.3 Å². The fraction of sp³-hybridized carbons (Fsp3) is 0.300. The molecule has 0 spiro atoms. The van der Waals surface area contributed by atoms with Gasteiger partial charge in [-0.2, -0.15) is 0 Å². The molecular formula is C20H20FN5O. The van der Waals surface area contributed by atoms with Crippen molar-refractivity contribution in [3.05, 3.63) is 48.7 Å². The summed E-state index contributed by atoms with van der Waals surface area (Å²) in [7, 11) is 2.06. The van der Waals surface area contributed by atoms with Crippen LogP contribution in [-0.4, -0.2) is 45.9 Å². The van der Waals surface area contributed by atoms with Gasteiger partial charge in [0.25, 0.3) is 0 Å². The summed E-state index contributed by atoms with van der Waals surface area (Å²) >= 11 is 0. The smallest absolute Gasteiger partial charge is 0.229 e. The molecule has 1 amide bonds. The number of fused-ring (bicyclic) bond motifs is 1. The molecule has 0 unspecified atom stereocenters. The molecule has 0 radical (unpaired) electrons. The van der Waals surface area contributed by atoms with Gasteiger partial charge in [-0.3, -0.25) is 15.1 Å². The number of hydrogen-bond donors (Lipinski definition) is 1. The second-order valence-electron chi connectivity index (χ2n) is 6.93. The van der Waals surface area contributed by atoms with E-state index in [0.29, 0.717) is 17.0 Å². The number of benzene rings is 1. The number of anilines is 1. The van der Waals surface area contributed by atoms with Crippen LogP contribution in [0.25, 0.3) is 22.0 Å². The van der Waals surface area contributed by atoms with E-state index in [4.69, 9.17) is 0 Å². The van der Waals surface area contributed by atoms with Crippen LogP contribution in [0.1, 0.15) is 12.8 Å². The van der Waals surface area contributed by atoms with Crippen LogP contribution in [0.3, 0.4) is 0 Å². The number of halogens is 1. The Kier molecular flexibility index (Phi) is 4.77. The van der Waals surface area contributed by atoms with Crippen molar-refractivity contribution in [2.24, 2.45) is 5.92 Å². The minimum atomic E-state index is -0.388. The van der Waals surface area contributed by atoms with E-state index >= 15 is 0 Å².